The monoisotopic (exact) mass is 287 g/mol. The van der Waals surface area contributed by atoms with Crippen LogP contribution in [0.2, 0.25) is 0 Å². The van der Waals surface area contributed by atoms with Crippen LogP contribution in [0.25, 0.3) is 11.5 Å². The Bertz CT molecular complexity index is 586. The van der Waals surface area contributed by atoms with E-state index < -0.39 is 0 Å². The molecule has 1 aromatic heterocycles. The van der Waals surface area contributed by atoms with E-state index in [9.17, 15) is 0 Å². The van der Waals surface area contributed by atoms with E-state index in [4.69, 9.17) is 9.15 Å². The molecule has 0 aliphatic carbocycles. The van der Waals surface area contributed by atoms with E-state index in [0.29, 0.717) is 5.89 Å². The Hall–Kier alpha value is -1.85. The Balaban J connectivity index is 1.76. The lowest BCUT2D eigenvalue weighted by Crippen LogP contribution is -2.43. The van der Waals surface area contributed by atoms with Gasteiger partial charge in [0.25, 0.3) is 0 Å². The third-order valence-electron chi connectivity index (χ3n) is 3.81. The van der Waals surface area contributed by atoms with Crippen LogP contribution in [-0.4, -0.2) is 43.2 Å². The van der Waals surface area contributed by atoms with E-state index in [1.807, 2.05) is 31.2 Å². The summed E-state index contributed by atoms with van der Waals surface area (Å²) < 4.78 is 11.0. The van der Waals surface area contributed by atoms with Gasteiger partial charge < -0.3 is 14.5 Å². The van der Waals surface area contributed by atoms with Crippen molar-refractivity contribution in [1.82, 2.24) is 15.2 Å². The highest BCUT2D eigenvalue weighted by atomic mass is 16.5. The zero-order valence-corrected chi connectivity index (χ0v) is 12.6. The molecule has 1 N–H and O–H groups in total. The predicted molar refractivity (Wildman–Crippen MR) is 81.4 cm³/mol. The molecule has 3 rings (SSSR count). The highest BCUT2D eigenvalue weighted by Gasteiger charge is 2.16. The van der Waals surface area contributed by atoms with Crippen molar-refractivity contribution in [2.75, 3.05) is 33.3 Å². The Morgan fingerprint density at radius 2 is 1.95 bits per heavy atom. The zero-order valence-electron chi connectivity index (χ0n) is 12.6. The lowest BCUT2D eigenvalue weighted by molar-refractivity contribution is 0.230. The second-order valence-corrected chi connectivity index (χ2v) is 5.28. The largest absolute Gasteiger partial charge is 0.497 e. The number of rotatable bonds is 4. The van der Waals surface area contributed by atoms with Crippen molar-refractivity contribution in [1.29, 1.82) is 0 Å². The van der Waals surface area contributed by atoms with Gasteiger partial charge >= 0.3 is 0 Å². The van der Waals surface area contributed by atoms with E-state index in [0.717, 1.165) is 55.5 Å². The molecule has 0 bridgehead atoms. The van der Waals surface area contributed by atoms with Gasteiger partial charge in [-0.25, -0.2) is 4.98 Å². The molecule has 0 unspecified atom stereocenters. The van der Waals surface area contributed by atoms with Crippen LogP contribution in [0.15, 0.2) is 28.7 Å². The maximum absolute atomic E-state index is 5.82. The van der Waals surface area contributed by atoms with E-state index in [2.05, 4.69) is 15.2 Å². The SMILES string of the molecule is COc1ccc(-c2nc(CN3CCNCC3)c(C)o2)cc1. The van der Waals surface area contributed by atoms with Gasteiger partial charge in [-0.1, -0.05) is 0 Å². The highest BCUT2D eigenvalue weighted by Crippen LogP contribution is 2.24. The maximum Gasteiger partial charge on any atom is 0.226 e. The van der Waals surface area contributed by atoms with Gasteiger partial charge in [0.05, 0.1) is 12.8 Å². The van der Waals surface area contributed by atoms with Crippen molar-refractivity contribution in [3.05, 3.63) is 35.7 Å². The molecule has 1 fully saturated rings. The Morgan fingerprint density at radius 3 is 2.62 bits per heavy atom. The number of oxazole rings is 1. The summed E-state index contributed by atoms with van der Waals surface area (Å²) in [6.07, 6.45) is 0. The predicted octanol–water partition coefficient (Wildman–Crippen LogP) is 2.06. The molecule has 2 heterocycles. The van der Waals surface area contributed by atoms with Gasteiger partial charge in [-0.2, -0.15) is 0 Å². The molecule has 21 heavy (non-hydrogen) atoms. The quantitative estimate of drug-likeness (QED) is 0.933. The number of piperazine rings is 1. The Kier molecular flexibility index (Phi) is 4.22. The normalized spacial score (nSPS) is 16.1. The molecule has 1 saturated heterocycles. The first-order valence-electron chi connectivity index (χ1n) is 7.30. The smallest absolute Gasteiger partial charge is 0.226 e. The first-order valence-corrected chi connectivity index (χ1v) is 7.30. The summed E-state index contributed by atoms with van der Waals surface area (Å²) in [6.45, 7) is 7.05. The van der Waals surface area contributed by atoms with Gasteiger partial charge in [0.2, 0.25) is 5.89 Å². The molecule has 5 nitrogen and oxygen atoms in total. The average molecular weight is 287 g/mol. The van der Waals surface area contributed by atoms with Crippen LogP contribution >= 0.6 is 0 Å². The molecule has 1 aliphatic rings. The van der Waals surface area contributed by atoms with Crippen molar-refractivity contribution < 1.29 is 9.15 Å². The Morgan fingerprint density at radius 1 is 1.24 bits per heavy atom. The minimum atomic E-state index is 0.681. The molecule has 0 saturated carbocycles. The number of hydrogen-bond acceptors (Lipinski definition) is 5. The molecule has 1 aliphatic heterocycles. The van der Waals surface area contributed by atoms with Crippen molar-refractivity contribution in [3.8, 4) is 17.2 Å². The van der Waals surface area contributed by atoms with Gasteiger partial charge in [0.1, 0.15) is 11.5 Å². The minimum absolute atomic E-state index is 0.681. The summed E-state index contributed by atoms with van der Waals surface area (Å²) in [6, 6.07) is 7.78. The first-order chi connectivity index (χ1) is 10.3. The summed E-state index contributed by atoms with van der Waals surface area (Å²) in [5, 5.41) is 3.36. The van der Waals surface area contributed by atoms with Crippen LogP contribution in [0.5, 0.6) is 5.75 Å². The lowest BCUT2D eigenvalue weighted by atomic mass is 10.2. The second kappa shape index (κ2) is 6.28. The first kappa shape index (κ1) is 14.1. The van der Waals surface area contributed by atoms with Crippen LogP contribution in [0.4, 0.5) is 0 Å². The summed E-state index contributed by atoms with van der Waals surface area (Å²) in [5.41, 5.74) is 2.01. The topological polar surface area (TPSA) is 50.5 Å². The fourth-order valence-corrected chi connectivity index (χ4v) is 2.51. The molecular weight excluding hydrogens is 266 g/mol. The number of nitrogens with one attached hydrogen (secondary N) is 1. The van der Waals surface area contributed by atoms with Crippen molar-refractivity contribution >= 4 is 0 Å². The standard InChI is InChI=1S/C16H21N3O2/c1-12-15(11-19-9-7-17-8-10-19)18-16(21-12)13-3-5-14(20-2)6-4-13/h3-6,17H,7-11H2,1-2H3. The summed E-state index contributed by atoms with van der Waals surface area (Å²) in [7, 11) is 1.66. The summed E-state index contributed by atoms with van der Waals surface area (Å²) >= 11 is 0. The van der Waals surface area contributed by atoms with Gasteiger partial charge in [-0.15, -0.1) is 0 Å². The lowest BCUT2D eigenvalue weighted by Gasteiger charge is -2.26. The van der Waals surface area contributed by atoms with Crippen molar-refractivity contribution in [3.63, 3.8) is 0 Å². The number of benzene rings is 1. The third-order valence-corrected chi connectivity index (χ3v) is 3.81. The molecular formula is C16H21N3O2. The van der Waals surface area contributed by atoms with Gasteiger partial charge in [0, 0.05) is 38.3 Å². The molecule has 2 aromatic rings. The number of hydrogen-bond donors (Lipinski definition) is 1. The number of aryl methyl sites for hydroxylation is 1. The van der Waals surface area contributed by atoms with Crippen molar-refractivity contribution in [2.45, 2.75) is 13.5 Å². The van der Waals surface area contributed by atoms with Gasteiger partial charge in [-0.05, 0) is 31.2 Å². The molecule has 0 radical (unpaired) electrons. The van der Waals surface area contributed by atoms with Crippen LogP contribution in [0, 0.1) is 6.92 Å². The van der Waals surface area contributed by atoms with E-state index >= 15 is 0 Å². The fraction of sp³-hybridized carbons (Fsp3) is 0.438. The number of aromatic nitrogens is 1. The maximum atomic E-state index is 5.82. The number of methoxy groups -OCH3 is 1. The van der Waals surface area contributed by atoms with Crippen LogP contribution in [0.3, 0.4) is 0 Å². The molecule has 112 valence electrons. The molecule has 1 aromatic carbocycles. The van der Waals surface area contributed by atoms with Gasteiger partial charge in [-0.3, -0.25) is 4.90 Å². The molecule has 5 heteroatoms. The zero-order chi connectivity index (χ0) is 14.7. The molecule has 0 spiro atoms. The number of nitrogens with zero attached hydrogens (tertiary/aromatic N) is 2. The van der Waals surface area contributed by atoms with Crippen LogP contribution in [-0.2, 0) is 6.54 Å². The minimum Gasteiger partial charge on any atom is -0.497 e. The Labute approximate surface area is 124 Å². The van der Waals surface area contributed by atoms with Gasteiger partial charge in [0.15, 0.2) is 0 Å². The average Bonchev–Trinajstić information content (AvgIpc) is 2.89. The van der Waals surface area contributed by atoms with Crippen LogP contribution < -0.4 is 10.1 Å². The molecule has 0 atom stereocenters. The van der Waals surface area contributed by atoms with Crippen molar-refractivity contribution in [2.24, 2.45) is 0 Å². The molecule has 0 amide bonds. The van der Waals surface area contributed by atoms with E-state index in [1.54, 1.807) is 7.11 Å². The highest BCUT2D eigenvalue weighted by molar-refractivity contribution is 5.55. The third kappa shape index (κ3) is 3.25. The summed E-state index contributed by atoms with van der Waals surface area (Å²) in [4.78, 5) is 7.06. The van der Waals surface area contributed by atoms with E-state index in [-0.39, 0.29) is 0 Å². The van der Waals surface area contributed by atoms with Crippen LogP contribution in [0.1, 0.15) is 11.5 Å². The summed E-state index contributed by atoms with van der Waals surface area (Å²) in [5.74, 6) is 2.42. The van der Waals surface area contributed by atoms with E-state index in [1.165, 1.54) is 0 Å². The fourth-order valence-electron chi connectivity index (χ4n) is 2.51. The second-order valence-electron chi connectivity index (χ2n) is 5.28. The number of ether oxygens (including phenoxy) is 1.